The Labute approximate surface area is 114 Å². The summed E-state index contributed by atoms with van der Waals surface area (Å²) in [4.78, 5) is 4.87. The van der Waals surface area contributed by atoms with Crippen molar-refractivity contribution in [3.8, 4) is 0 Å². The van der Waals surface area contributed by atoms with E-state index in [0.29, 0.717) is 0 Å². The van der Waals surface area contributed by atoms with Crippen molar-refractivity contribution in [3.05, 3.63) is 0 Å². The number of likely N-dealkylation sites (N-methyl/N-ethyl adjacent to an activating group) is 1. The van der Waals surface area contributed by atoms with Crippen LogP contribution < -0.4 is 5.32 Å². The van der Waals surface area contributed by atoms with Crippen molar-refractivity contribution in [3.63, 3.8) is 0 Å². The highest BCUT2D eigenvalue weighted by Crippen LogP contribution is 2.22. The first kappa shape index (κ1) is 15.9. The van der Waals surface area contributed by atoms with Gasteiger partial charge in [-0.3, -0.25) is 0 Å². The van der Waals surface area contributed by atoms with Gasteiger partial charge >= 0.3 is 0 Å². The fourth-order valence-corrected chi connectivity index (χ4v) is 3.01. The minimum Gasteiger partial charge on any atom is -0.312 e. The average Bonchev–Trinajstić information content (AvgIpc) is 2.36. The maximum atomic E-state index is 3.75. The largest absolute Gasteiger partial charge is 0.312 e. The molecule has 3 heteroatoms. The van der Waals surface area contributed by atoms with Crippen LogP contribution in [0, 0.1) is 0 Å². The first-order valence-electron chi connectivity index (χ1n) is 7.73. The lowest BCUT2D eigenvalue weighted by atomic mass is 9.89. The van der Waals surface area contributed by atoms with E-state index in [1.165, 1.54) is 58.2 Å². The molecule has 0 heterocycles. The summed E-state index contributed by atoms with van der Waals surface area (Å²) < 4.78 is 0. The molecule has 1 fully saturated rings. The normalized spacial score (nSPS) is 25.0. The number of hydrogen-bond acceptors (Lipinski definition) is 3. The highest BCUT2D eigenvalue weighted by molar-refractivity contribution is 4.87. The molecule has 1 aliphatic rings. The Kier molecular flexibility index (Phi) is 7.87. The van der Waals surface area contributed by atoms with Gasteiger partial charge in [0.2, 0.25) is 0 Å². The molecule has 18 heavy (non-hydrogen) atoms. The van der Waals surface area contributed by atoms with Crippen LogP contribution in [0.4, 0.5) is 0 Å². The Balaban J connectivity index is 2.34. The van der Waals surface area contributed by atoms with Crippen LogP contribution in [0.3, 0.4) is 0 Å². The molecule has 1 saturated carbocycles. The van der Waals surface area contributed by atoms with Gasteiger partial charge in [-0.25, -0.2) is 0 Å². The van der Waals surface area contributed by atoms with E-state index >= 15 is 0 Å². The highest BCUT2D eigenvalue weighted by Gasteiger charge is 2.27. The highest BCUT2D eigenvalue weighted by atomic mass is 15.2. The molecule has 1 N–H and O–H groups in total. The van der Waals surface area contributed by atoms with Crippen LogP contribution in [0.2, 0.25) is 0 Å². The van der Waals surface area contributed by atoms with E-state index in [9.17, 15) is 0 Å². The number of rotatable bonds is 8. The van der Waals surface area contributed by atoms with E-state index in [2.05, 4.69) is 43.2 Å². The van der Waals surface area contributed by atoms with E-state index < -0.39 is 0 Å². The van der Waals surface area contributed by atoms with Gasteiger partial charge in [-0.1, -0.05) is 19.8 Å². The third-order valence-corrected chi connectivity index (χ3v) is 4.07. The first-order chi connectivity index (χ1) is 8.65. The van der Waals surface area contributed by atoms with Crippen molar-refractivity contribution in [1.29, 1.82) is 0 Å². The van der Waals surface area contributed by atoms with E-state index in [1.54, 1.807) is 0 Å². The average molecular weight is 255 g/mol. The zero-order valence-electron chi connectivity index (χ0n) is 12.9. The Morgan fingerprint density at radius 3 is 2.44 bits per heavy atom. The molecule has 1 rings (SSSR count). The summed E-state index contributed by atoms with van der Waals surface area (Å²) in [6.07, 6.45) is 8.08. The molecule has 2 atom stereocenters. The lowest BCUT2D eigenvalue weighted by Gasteiger charge is -2.38. The van der Waals surface area contributed by atoms with Gasteiger partial charge in [0.1, 0.15) is 0 Å². The quantitative estimate of drug-likeness (QED) is 0.717. The molecule has 2 unspecified atom stereocenters. The van der Waals surface area contributed by atoms with Gasteiger partial charge in [-0.2, -0.15) is 0 Å². The minimum absolute atomic E-state index is 0.725. The molecular weight excluding hydrogens is 222 g/mol. The molecule has 1 aliphatic carbocycles. The number of hydrogen-bond donors (Lipinski definition) is 1. The third kappa shape index (κ3) is 5.68. The number of nitrogens with zero attached hydrogens (tertiary/aromatic N) is 2. The maximum absolute atomic E-state index is 3.75. The van der Waals surface area contributed by atoms with E-state index in [4.69, 9.17) is 0 Å². The van der Waals surface area contributed by atoms with Crippen molar-refractivity contribution in [2.75, 3.05) is 40.8 Å². The molecule has 0 aromatic rings. The lowest BCUT2D eigenvalue weighted by Crippen LogP contribution is -2.51. The molecule has 0 saturated heterocycles. The minimum atomic E-state index is 0.725. The van der Waals surface area contributed by atoms with Crippen LogP contribution in [0.15, 0.2) is 0 Å². The molecular formula is C15H33N3. The van der Waals surface area contributed by atoms with Gasteiger partial charge in [-0.15, -0.1) is 0 Å². The molecule has 0 bridgehead atoms. The third-order valence-electron chi connectivity index (χ3n) is 4.07. The Morgan fingerprint density at radius 1 is 1.06 bits per heavy atom. The predicted octanol–water partition coefficient (Wildman–Crippen LogP) is 2.18. The molecule has 0 spiro atoms. The Morgan fingerprint density at radius 2 is 1.78 bits per heavy atom. The Hall–Kier alpha value is -0.120. The van der Waals surface area contributed by atoms with Gasteiger partial charge in [0.05, 0.1) is 0 Å². The molecule has 0 radical (unpaired) electrons. The van der Waals surface area contributed by atoms with Crippen molar-refractivity contribution in [2.24, 2.45) is 0 Å². The van der Waals surface area contributed by atoms with Crippen molar-refractivity contribution in [2.45, 2.75) is 57.5 Å². The van der Waals surface area contributed by atoms with Crippen LogP contribution in [0.1, 0.15) is 45.4 Å². The SMILES string of the molecule is CCCNC1CCCCC1N(C)CCCN(C)C. The fraction of sp³-hybridized carbons (Fsp3) is 1.00. The summed E-state index contributed by atoms with van der Waals surface area (Å²) in [6.45, 7) is 5.86. The van der Waals surface area contributed by atoms with Crippen LogP contribution in [0.5, 0.6) is 0 Å². The zero-order chi connectivity index (χ0) is 13.4. The van der Waals surface area contributed by atoms with Gasteiger partial charge in [0, 0.05) is 12.1 Å². The van der Waals surface area contributed by atoms with E-state index in [-0.39, 0.29) is 0 Å². The van der Waals surface area contributed by atoms with Crippen LogP contribution >= 0.6 is 0 Å². The summed E-state index contributed by atoms with van der Waals surface area (Å²) >= 11 is 0. The standard InChI is InChI=1S/C15H33N3/c1-5-11-16-14-9-6-7-10-15(14)18(4)13-8-12-17(2)3/h14-16H,5-13H2,1-4H3. The summed E-state index contributed by atoms with van der Waals surface area (Å²) in [5, 5.41) is 3.75. The Bertz CT molecular complexity index is 206. The summed E-state index contributed by atoms with van der Waals surface area (Å²) in [7, 11) is 6.63. The van der Waals surface area contributed by atoms with Crippen LogP contribution in [0.25, 0.3) is 0 Å². The second-order valence-corrected chi connectivity index (χ2v) is 6.05. The van der Waals surface area contributed by atoms with E-state index in [0.717, 1.165) is 12.1 Å². The van der Waals surface area contributed by atoms with Gasteiger partial charge in [0.25, 0.3) is 0 Å². The van der Waals surface area contributed by atoms with Gasteiger partial charge in [0.15, 0.2) is 0 Å². The van der Waals surface area contributed by atoms with Gasteiger partial charge < -0.3 is 15.1 Å². The number of nitrogens with one attached hydrogen (secondary N) is 1. The van der Waals surface area contributed by atoms with Crippen molar-refractivity contribution >= 4 is 0 Å². The lowest BCUT2D eigenvalue weighted by molar-refractivity contribution is 0.145. The first-order valence-corrected chi connectivity index (χ1v) is 7.73. The van der Waals surface area contributed by atoms with Crippen molar-refractivity contribution < 1.29 is 0 Å². The predicted molar refractivity (Wildman–Crippen MR) is 80.1 cm³/mol. The van der Waals surface area contributed by atoms with Crippen LogP contribution in [-0.4, -0.2) is 62.7 Å². The zero-order valence-corrected chi connectivity index (χ0v) is 12.9. The monoisotopic (exact) mass is 255 g/mol. The second-order valence-electron chi connectivity index (χ2n) is 6.05. The smallest absolute Gasteiger partial charge is 0.0246 e. The molecule has 0 aliphatic heterocycles. The van der Waals surface area contributed by atoms with Crippen LogP contribution in [-0.2, 0) is 0 Å². The summed E-state index contributed by atoms with van der Waals surface area (Å²) in [6, 6.07) is 1.48. The molecule has 0 amide bonds. The molecule has 0 aromatic carbocycles. The van der Waals surface area contributed by atoms with Crippen molar-refractivity contribution in [1.82, 2.24) is 15.1 Å². The topological polar surface area (TPSA) is 18.5 Å². The molecule has 3 nitrogen and oxygen atoms in total. The fourth-order valence-electron chi connectivity index (χ4n) is 3.01. The van der Waals surface area contributed by atoms with Gasteiger partial charge in [-0.05, 0) is 66.5 Å². The molecule has 0 aromatic heterocycles. The maximum Gasteiger partial charge on any atom is 0.0246 e. The molecule has 108 valence electrons. The second kappa shape index (κ2) is 8.89. The van der Waals surface area contributed by atoms with E-state index in [1.807, 2.05) is 0 Å². The summed E-state index contributed by atoms with van der Waals surface area (Å²) in [5.41, 5.74) is 0. The summed E-state index contributed by atoms with van der Waals surface area (Å²) in [5.74, 6) is 0.